The third-order valence-corrected chi connectivity index (χ3v) is 1.94. The van der Waals surface area contributed by atoms with E-state index in [1.807, 2.05) is 0 Å². The van der Waals surface area contributed by atoms with Gasteiger partial charge in [0, 0.05) is 12.7 Å². The van der Waals surface area contributed by atoms with Crippen LogP contribution >= 0.6 is 0 Å². The molecule has 4 nitrogen and oxygen atoms in total. The van der Waals surface area contributed by atoms with E-state index in [-0.39, 0.29) is 12.1 Å². The number of carboxylic acid groups (broad SMARTS) is 1. The van der Waals surface area contributed by atoms with Gasteiger partial charge < -0.3 is 10.8 Å². The first-order chi connectivity index (χ1) is 7.06. The highest BCUT2D eigenvalue weighted by Gasteiger charge is 2.19. The zero-order valence-electron chi connectivity index (χ0n) is 7.78. The first-order valence-electron chi connectivity index (χ1n) is 4.23. The van der Waals surface area contributed by atoms with Crippen LogP contribution in [-0.4, -0.2) is 16.1 Å². The Hall–Kier alpha value is -1.56. The molecular formula is C9H10F2N2O2. The van der Waals surface area contributed by atoms with Gasteiger partial charge in [-0.2, -0.15) is 0 Å². The first-order valence-corrected chi connectivity index (χ1v) is 4.23. The SMILES string of the molecule is NCc1ccnc(C(F)F)c1CC(=O)O. The number of alkyl halides is 2. The zero-order valence-corrected chi connectivity index (χ0v) is 7.78. The molecule has 0 aliphatic heterocycles. The molecule has 0 fully saturated rings. The van der Waals surface area contributed by atoms with Crippen LogP contribution in [0.4, 0.5) is 8.78 Å². The Balaban J connectivity index is 3.20. The molecule has 1 aromatic heterocycles. The predicted octanol–water partition coefficient (Wildman–Crippen LogP) is 1.10. The summed E-state index contributed by atoms with van der Waals surface area (Å²) in [6, 6.07) is 1.45. The molecule has 6 heteroatoms. The van der Waals surface area contributed by atoms with Crippen molar-refractivity contribution < 1.29 is 18.7 Å². The van der Waals surface area contributed by atoms with Gasteiger partial charge in [-0.3, -0.25) is 9.78 Å². The number of aromatic nitrogens is 1. The Morgan fingerprint density at radius 1 is 1.60 bits per heavy atom. The van der Waals surface area contributed by atoms with E-state index in [1.54, 1.807) is 0 Å². The number of carboxylic acids is 1. The molecule has 1 aromatic rings. The zero-order chi connectivity index (χ0) is 11.4. The van der Waals surface area contributed by atoms with Crippen LogP contribution in [0, 0.1) is 0 Å². The van der Waals surface area contributed by atoms with E-state index in [2.05, 4.69) is 4.98 Å². The van der Waals surface area contributed by atoms with Gasteiger partial charge in [0.1, 0.15) is 5.69 Å². The van der Waals surface area contributed by atoms with Crippen LogP contribution in [0.3, 0.4) is 0 Å². The molecule has 3 N–H and O–H groups in total. The van der Waals surface area contributed by atoms with Gasteiger partial charge in [-0.25, -0.2) is 8.78 Å². The van der Waals surface area contributed by atoms with Gasteiger partial charge in [-0.15, -0.1) is 0 Å². The smallest absolute Gasteiger partial charge is 0.307 e. The summed E-state index contributed by atoms with van der Waals surface area (Å²) >= 11 is 0. The molecule has 0 aromatic carbocycles. The number of pyridine rings is 1. The largest absolute Gasteiger partial charge is 0.481 e. The molecule has 0 atom stereocenters. The van der Waals surface area contributed by atoms with E-state index in [1.165, 1.54) is 12.3 Å². The number of aliphatic carboxylic acids is 1. The van der Waals surface area contributed by atoms with Crippen LogP contribution < -0.4 is 5.73 Å². The van der Waals surface area contributed by atoms with Crippen LogP contribution in [0.5, 0.6) is 0 Å². The summed E-state index contributed by atoms with van der Waals surface area (Å²) in [7, 11) is 0. The predicted molar refractivity (Wildman–Crippen MR) is 48.4 cm³/mol. The van der Waals surface area contributed by atoms with Crippen LogP contribution in [0.1, 0.15) is 23.2 Å². The minimum Gasteiger partial charge on any atom is -0.481 e. The molecule has 0 saturated heterocycles. The van der Waals surface area contributed by atoms with Gasteiger partial charge in [0.05, 0.1) is 6.42 Å². The molecule has 0 saturated carbocycles. The molecule has 82 valence electrons. The van der Waals surface area contributed by atoms with E-state index >= 15 is 0 Å². The van der Waals surface area contributed by atoms with E-state index in [9.17, 15) is 13.6 Å². The Morgan fingerprint density at radius 2 is 2.27 bits per heavy atom. The highest BCUT2D eigenvalue weighted by molar-refractivity contribution is 5.71. The van der Waals surface area contributed by atoms with E-state index in [0.717, 1.165) is 0 Å². The normalized spacial score (nSPS) is 10.7. The lowest BCUT2D eigenvalue weighted by molar-refractivity contribution is -0.136. The quantitative estimate of drug-likeness (QED) is 0.790. The van der Waals surface area contributed by atoms with Crippen LogP contribution in [0.2, 0.25) is 0 Å². The second-order valence-electron chi connectivity index (χ2n) is 2.91. The van der Waals surface area contributed by atoms with Crippen LogP contribution in [0.15, 0.2) is 12.3 Å². The van der Waals surface area contributed by atoms with Crippen molar-refractivity contribution in [2.45, 2.75) is 19.4 Å². The maximum atomic E-state index is 12.5. The van der Waals surface area contributed by atoms with Crippen molar-refractivity contribution in [3.8, 4) is 0 Å². The van der Waals surface area contributed by atoms with Crippen LogP contribution in [-0.2, 0) is 17.8 Å². The number of nitrogens with two attached hydrogens (primary N) is 1. The molecule has 1 rings (SSSR count). The maximum Gasteiger partial charge on any atom is 0.307 e. The summed E-state index contributed by atoms with van der Waals surface area (Å²) in [6.07, 6.45) is -2.07. The molecule has 0 spiro atoms. The standard InChI is InChI=1S/C9H10F2N2O2/c10-9(11)8-6(3-7(14)15)5(4-12)1-2-13-8/h1-2,9H,3-4,12H2,(H,14,15). The minimum atomic E-state index is -2.79. The fourth-order valence-electron chi connectivity index (χ4n) is 1.29. The average Bonchev–Trinajstić information content (AvgIpc) is 2.16. The summed E-state index contributed by atoms with van der Waals surface area (Å²) in [5.74, 6) is -1.18. The highest BCUT2D eigenvalue weighted by atomic mass is 19.3. The molecule has 0 aliphatic rings. The molecule has 0 aliphatic carbocycles. The van der Waals surface area contributed by atoms with Gasteiger partial charge >= 0.3 is 5.97 Å². The lowest BCUT2D eigenvalue weighted by Crippen LogP contribution is -2.11. The van der Waals surface area contributed by atoms with E-state index in [4.69, 9.17) is 10.8 Å². The van der Waals surface area contributed by atoms with E-state index < -0.39 is 24.5 Å². The van der Waals surface area contributed by atoms with Crippen molar-refractivity contribution in [2.75, 3.05) is 0 Å². The monoisotopic (exact) mass is 216 g/mol. The van der Waals surface area contributed by atoms with E-state index in [0.29, 0.717) is 5.56 Å². The van der Waals surface area contributed by atoms with Gasteiger partial charge in [-0.05, 0) is 17.2 Å². The molecule has 0 bridgehead atoms. The van der Waals surface area contributed by atoms with Gasteiger partial charge in [0.15, 0.2) is 0 Å². The van der Waals surface area contributed by atoms with Crippen molar-refractivity contribution in [3.63, 3.8) is 0 Å². The summed E-state index contributed by atoms with van der Waals surface area (Å²) in [5.41, 5.74) is 5.24. The molecule has 0 amide bonds. The Kier molecular flexibility index (Phi) is 3.68. The summed E-state index contributed by atoms with van der Waals surface area (Å²) in [6.45, 7) is 0.0187. The number of hydrogen-bond acceptors (Lipinski definition) is 3. The highest BCUT2D eigenvalue weighted by Crippen LogP contribution is 2.23. The molecule has 15 heavy (non-hydrogen) atoms. The molecule has 0 radical (unpaired) electrons. The number of nitrogens with zero attached hydrogens (tertiary/aromatic N) is 1. The maximum absolute atomic E-state index is 12.5. The van der Waals surface area contributed by atoms with Gasteiger partial charge in [0.25, 0.3) is 6.43 Å². The third kappa shape index (κ3) is 2.69. The topological polar surface area (TPSA) is 76.2 Å². The summed E-state index contributed by atoms with van der Waals surface area (Å²) in [4.78, 5) is 14.0. The van der Waals surface area contributed by atoms with Crippen molar-refractivity contribution in [1.82, 2.24) is 4.98 Å². The first kappa shape index (κ1) is 11.5. The minimum absolute atomic E-state index is 0.0162. The molecule has 0 unspecified atom stereocenters. The second kappa shape index (κ2) is 4.79. The lowest BCUT2D eigenvalue weighted by Gasteiger charge is -2.10. The summed E-state index contributed by atoms with van der Waals surface area (Å²) < 4.78 is 25.0. The van der Waals surface area contributed by atoms with Crippen molar-refractivity contribution in [2.24, 2.45) is 5.73 Å². The fraction of sp³-hybridized carbons (Fsp3) is 0.333. The summed E-state index contributed by atoms with van der Waals surface area (Å²) in [5, 5.41) is 8.58. The van der Waals surface area contributed by atoms with Gasteiger partial charge in [-0.1, -0.05) is 0 Å². The Labute approximate surface area is 84.7 Å². The van der Waals surface area contributed by atoms with Crippen molar-refractivity contribution in [1.29, 1.82) is 0 Å². The van der Waals surface area contributed by atoms with Crippen molar-refractivity contribution in [3.05, 3.63) is 29.1 Å². The third-order valence-electron chi connectivity index (χ3n) is 1.94. The lowest BCUT2D eigenvalue weighted by atomic mass is 10.0. The molecular weight excluding hydrogens is 206 g/mol. The average molecular weight is 216 g/mol. The fourth-order valence-corrected chi connectivity index (χ4v) is 1.29. The van der Waals surface area contributed by atoms with Gasteiger partial charge in [0.2, 0.25) is 0 Å². The van der Waals surface area contributed by atoms with Crippen LogP contribution in [0.25, 0.3) is 0 Å². The molecule has 1 heterocycles. The Morgan fingerprint density at radius 3 is 2.73 bits per heavy atom. The second-order valence-corrected chi connectivity index (χ2v) is 2.91. The van der Waals surface area contributed by atoms with Crippen molar-refractivity contribution >= 4 is 5.97 Å². The number of carbonyl (C=O) groups is 1. The Bertz CT molecular complexity index is 369. The number of hydrogen-bond donors (Lipinski definition) is 2. The number of halogens is 2. The number of rotatable bonds is 4.